The molecule has 0 saturated carbocycles. The molecule has 2 aromatic rings. The zero-order valence-corrected chi connectivity index (χ0v) is 9.38. The predicted molar refractivity (Wildman–Crippen MR) is 65.4 cm³/mol. The summed E-state index contributed by atoms with van der Waals surface area (Å²) in [5.41, 5.74) is 8.56. The number of ether oxygens (including phenoxy) is 1. The first kappa shape index (κ1) is 11.1. The van der Waals surface area contributed by atoms with Crippen molar-refractivity contribution in [3.63, 3.8) is 0 Å². The van der Waals surface area contributed by atoms with Crippen molar-refractivity contribution in [2.24, 2.45) is 0 Å². The number of nitrogen functional groups attached to an aromatic ring is 1. The number of nitrogens with zero attached hydrogens (tertiary/aromatic N) is 1. The van der Waals surface area contributed by atoms with Crippen LogP contribution in [0.2, 0.25) is 0 Å². The van der Waals surface area contributed by atoms with Crippen LogP contribution in [0.5, 0.6) is 0 Å². The molecule has 0 amide bonds. The Labute approximate surface area is 99.1 Å². The van der Waals surface area contributed by atoms with E-state index >= 15 is 0 Å². The van der Waals surface area contributed by atoms with Crippen LogP contribution in [0.25, 0.3) is 11.1 Å². The largest absolute Gasteiger partial charge is 0.465 e. The smallest absolute Gasteiger partial charge is 0.339 e. The van der Waals surface area contributed by atoms with Crippen LogP contribution in [-0.4, -0.2) is 18.1 Å². The van der Waals surface area contributed by atoms with Crippen molar-refractivity contribution in [3.8, 4) is 11.1 Å². The van der Waals surface area contributed by atoms with Crippen LogP contribution in [0.15, 0.2) is 42.7 Å². The van der Waals surface area contributed by atoms with E-state index in [1.54, 1.807) is 24.4 Å². The van der Waals surface area contributed by atoms with Gasteiger partial charge in [0.1, 0.15) is 0 Å². The highest BCUT2D eigenvalue weighted by Crippen LogP contribution is 2.20. The van der Waals surface area contributed by atoms with Crippen LogP contribution < -0.4 is 5.73 Å². The Hall–Kier alpha value is -2.36. The average Bonchev–Trinajstić information content (AvgIpc) is 2.39. The summed E-state index contributed by atoms with van der Waals surface area (Å²) in [5.74, 6) is -0.394. The van der Waals surface area contributed by atoms with Crippen LogP contribution in [0, 0.1) is 0 Å². The second kappa shape index (κ2) is 4.65. The van der Waals surface area contributed by atoms with Crippen LogP contribution in [0.3, 0.4) is 0 Å². The molecule has 2 N–H and O–H groups in total. The number of aromatic nitrogens is 1. The summed E-state index contributed by atoms with van der Waals surface area (Å²) in [6, 6.07) is 9.12. The first-order valence-electron chi connectivity index (χ1n) is 5.10. The van der Waals surface area contributed by atoms with E-state index in [4.69, 9.17) is 5.73 Å². The molecule has 1 heterocycles. The monoisotopic (exact) mass is 228 g/mol. The molecule has 4 nitrogen and oxygen atoms in total. The molecule has 0 radical (unpaired) electrons. The maximum atomic E-state index is 11.4. The van der Waals surface area contributed by atoms with Gasteiger partial charge in [-0.25, -0.2) is 4.79 Å². The molecular formula is C13H12N2O2. The van der Waals surface area contributed by atoms with Gasteiger partial charge in [0.15, 0.2) is 0 Å². The van der Waals surface area contributed by atoms with E-state index in [9.17, 15) is 4.79 Å². The van der Waals surface area contributed by atoms with Crippen molar-refractivity contribution >= 4 is 11.7 Å². The van der Waals surface area contributed by atoms with Gasteiger partial charge in [0.2, 0.25) is 0 Å². The quantitative estimate of drug-likeness (QED) is 0.631. The molecule has 0 atom stereocenters. The maximum absolute atomic E-state index is 11.4. The minimum atomic E-state index is -0.394. The summed E-state index contributed by atoms with van der Waals surface area (Å²) in [6.45, 7) is 0. The summed E-state index contributed by atoms with van der Waals surface area (Å²) in [6.07, 6.45) is 3.17. The molecular weight excluding hydrogens is 216 g/mol. The van der Waals surface area contributed by atoms with Crippen LogP contribution in [0.4, 0.5) is 5.69 Å². The standard InChI is InChI=1S/C13H12N2O2/c1-17-13(16)11-6-10(7-15-8-11)9-2-4-12(14)5-3-9/h2-8H,14H2,1H3. The number of carbonyl (C=O) groups excluding carboxylic acids is 1. The number of hydrogen-bond acceptors (Lipinski definition) is 4. The average molecular weight is 228 g/mol. The molecule has 1 aromatic heterocycles. The topological polar surface area (TPSA) is 65.2 Å². The van der Waals surface area contributed by atoms with E-state index < -0.39 is 5.97 Å². The fourth-order valence-electron chi connectivity index (χ4n) is 1.50. The molecule has 0 unspecified atom stereocenters. The fraction of sp³-hybridized carbons (Fsp3) is 0.0769. The third-order valence-electron chi connectivity index (χ3n) is 2.40. The highest BCUT2D eigenvalue weighted by Gasteiger charge is 2.07. The molecule has 0 aliphatic rings. The minimum Gasteiger partial charge on any atom is -0.465 e. The van der Waals surface area contributed by atoms with Crippen molar-refractivity contribution in [1.29, 1.82) is 0 Å². The van der Waals surface area contributed by atoms with Gasteiger partial charge in [-0.15, -0.1) is 0 Å². The van der Waals surface area contributed by atoms with Crippen molar-refractivity contribution in [1.82, 2.24) is 4.98 Å². The van der Waals surface area contributed by atoms with Gasteiger partial charge in [0, 0.05) is 23.6 Å². The van der Waals surface area contributed by atoms with Crippen molar-refractivity contribution in [2.75, 3.05) is 12.8 Å². The number of pyridine rings is 1. The van der Waals surface area contributed by atoms with E-state index in [1.165, 1.54) is 13.3 Å². The summed E-state index contributed by atoms with van der Waals surface area (Å²) >= 11 is 0. The number of rotatable bonds is 2. The van der Waals surface area contributed by atoms with Gasteiger partial charge in [-0.1, -0.05) is 12.1 Å². The molecule has 0 spiro atoms. The van der Waals surface area contributed by atoms with Crippen LogP contribution in [-0.2, 0) is 4.74 Å². The summed E-state index contributed by atoms with van der Waals surface area (Å²) < 4.78 is 4.65. The molecule has 0 aliphatic carbocycles. The van der Waals surface area contributed by atoms with Gasteiger partial charge in [0.05, 0.1) is 12.7 Å². The Morgan fingerprint density at radius 1 is 1.18 bits per heavy atom. The number of hydrogen-bond donors (Lipinski definition) is 1. The van der Waals surface area contributed by atoms with Gasteiger partial charge in [-0.3, -0.25) is 4.98 Å². The predicted octanol–water partition coefficient (Wildman–Crippen LogP) is 2.12. The highest BCUT2D eigenvalue weighted by atomic mass is 16.5. The summed E-state index contributed by atoms with van der Waals surface area (Å²) in [5, 5.41) is 0. The third kappa shape index (κ3) is 2.42. The lowest BCUT2D eigenvalue weighted by Gasteiger charge is -2.04. The van der Waals surface area contributed by atoms with Gasteiger partial charge in [0.25, 0.3) is 0 Å². The first-order valence-corrected chi connectivity index (χ1v) is 5.10. The number of nitrogens with two attached hydrogens (primary N) is 1. The zero-order chi connectivity index (χ0) is 12.3. The van der Waals surface area contributed by atoms with Crippen molar-refractivity contribution in [2.45, 2.75) is 0 Å². The Kier molecular flexibility index (Phi) is 3.05. The highest BCUT2D eigenvalue weighted by molar-refractivity contribution is 5.90. The number of methoxy groups -OCH3 is 1. The molecule has 1 aromatic carbocycles. The molecule has 0 saturated heterocycles. The summed E-state index contributed by atoms with van der Waals surface area (Å²) in [7, 11) is 1.35. The molecule has 0 bridgehead atoms. The SMILES string of the molecule is COC(=O)c1cncc(-c2ccc(N)cc2)c1. The maximum Gasteiger partial charge on any atom is 0.339 e. The second-order valence-electron chi connectivity index (χ2n) is 3.58. The third-order valence-corrected chi connectivity index (χ3v) is 2.40. The number of carbonyl (C=O) groups is 1. The van der Waals surface area contributed by atoms with Gasteiger partial charge in [-0.05, 0) is 23.8 Å². The lowest BCUT2D eigenvalue weighted by atomic mass is 10.1. The minimum absolute atomic E-state index is 0.394. The van der Waals surface area contributed by atoms with Crippen molar-refractivity contribution in [3.05, 3.63) is 48.3 Å². The van der Waals surface area contributed by atoms with E-state index in [0.717, 1.165) is 11.1 Å². The number of anilines is 1. The lowest BCUT2D eigenvalue weighted by molar-refractivity contribution is 0.0600. The van der Waals surface area contributed by atoms with Crippen molar-refractivity contribution < 1.29 is 9.53 Å². The zero-order valence-electron chi connectivity index (χ0n) is 9.38. The van der Waals surface area contributed by atoms with Crippen LogP contribution >= 0.6 is 0 Å². The normalized spacial score (nSPS) is 9.94. The van der Waals surface area contributed by atoms with E-state index in [2.05, 4.69) is 9.72 Å². The van der Waals surface area contributed by atoms with E-state index in [-0.39, 0.29) is 0 Å². The van der Waals surface area contributed by atoms with Crippen LogP contribution in [0.1, 0.15) is 10.4 Å². The molecule has 86 valence electrons. The van der Waals surface area contributed by atoms with E-state index in [1.807, 2.05) is 12.1 Å². The van der Waals surface area contributed by atoms with Gasteiger partial charge in [-0.2, -0.15) is 0 Å². The Bertz CT molecular complexity index is 535. The molecule has 0 aliphatic heterocycles. The Morgan fingerprint density at radius 2 is 1.88 bits per heavy atom. The molecule has 2 rings (SSSR count). The summed E-state index contributed by atoms with van der Waals surface area (Å²) in [4.78, 5) is 15.4. The van der Waals surface area contributed by atoms with Gasteiger partial charge < -0.3 is 10.5 Å². The molecule has 0 fully saturated rings. The molecule has 17 heavy (non-hydrogen) atoms. The Morgan fingerprint density at radius 3 is 2.53 bits per heavy atom. The van der Waals surface area contributed by atoms with E-state index in [0.29, 0.717) is 11.3 Å². The first-order chi connectivity index (χ1) is 8.20. The number of benzene rings is 1. The lowest BCUT2D eigenvalue weighted by Crippen LogP contribution is -2.01. The molecule has 4 heteroatoms. The fourth-order valence-corrected chi connectivity index (χ4v) is 1.50. The second-order valence-corrected chi connectivity index (χ2v) is 3.58. The Balaban J connectivity index is 2.39. The number of esters is 1. The van der Waals surface area contributed by atoms with Gasteiger partial charge >= 0.3 is 5.97 Å².